The van der Waals surface area contributed by atoms with Gasteiger partial charge in [-0.1, -0.05) is 30.3 Å². The predicted molar refractivity (Wildman–Crippen MR) is 102 cm³/mol. The fraction of sp³-hybridized carbons (Fsp3) is 0.550. The first-order chi connectivity index (χ1) is 12.4. The highest BCUT2D eigenvalue weighted by Gasteiger charge is 2.26. The number of aromatic nitrogens is 3. The Hall–Kier alpha value is -2.21. The highest BCUT2D eigenvalue weighted by molar-refractivity contribution is 5.95. The van der Waals surface area contributed by atoms with Gasteiger partial charge in [0.05, 0.1) is 11.7 Å². The number of hydrogen-bond donors (Lipinski definition) is 1. The molecule has 140 valence electrons. The molecule has 1 amide bonds. The molecule has 1 fully saturated rings. The van der Waals surface area contributed by atoms with E-state index in [0.29, 0.717) is 5.92 Å². The van der Waals surface area contributed by atoms with Gasteiger partial charge in [-0.3, -0.25) is 9.48 Å². The number of benzene rings is 1. The number of hydrogen-bond acceptors (Lipinski definition) is 4. The summed E-state index contributed by atoms with van der Waals surface area (Å²) in [6.45, 7) is 8.29. The Balaban J connectivity index is 1.67. The third-order valence-corrected chi connectivity index (χ3v) is 5.08. The van der Waals surface area contributed by atoms with Crippen LogP contribution in [0.5, 0.6) is 0 Å². The van der Waals surface area contributed by atoms with Gasteiger partial charge in [-0.05, 0) is 50.7 Å². The molecule has 26 heavy (non-hydrogen) atoms. The van der Waals surface area contributed by atoms with Gasteiger partial charge in [-0.2, -0.15) is 0 Å². The van der Waals surface area contributed by atoms with Crippen LogP contribution in [-0.2, 0) is 18.5 Å². The zero-order valence-electron chi connectivity index (χ0n) is 16.0. The summed E-state index contributed by atoms with van der Waals surface area (Å²) in [4.78, 5) is 15.0. The Morgan fingerprint density at radius 2 is 2.12 bits per heavy atom. The molecule has 0 spiro atoms. The van der Waals surface area contributed by atoms with Crippen LogP contribution in [0.2, 0.25) is 0 Å². The molecular weight excluding hydrogens is 326 g/mol. The monoisotopic (exact) mass is 355 g/mol. The van der Waals surface area contributed by atoms with E-state index < -0.39 is 5.54 Å². The second-order valence-corrected chi connectivity index (χ2v) is 7.82. The van der Waals surface area contributed by atoms with E-state index in [0.717, 1.165) is 55.7 Å². The first-order valence-electron chi connectivity index (χ1n) is 9.45. The molecule has 3 rings (SSSR count). The summed E-state index contributed by atoms with van der Waals surface area (Å²) in [6.07, 6.45) is 4.91. The number of nitrogens with two attached hydrogens (primary N) is 1. The summed E-state index contributed by atoms with van der Waals surface area (Å²) in [5.41, 5.74) is 8.34. The molecule has 1 saturated heterocycles. The zero-order chi connectivity index (χ0) is 18.7. The minimum absolute atomic E-state index is 0.148. The van der Waals surface area contributed by atoms with Crippen LogP contribution in [0.3, 0.4) is 0 Å². The molecular formula is C20H29N5O. The normalized spacial score (nSPS) is 18.2. The summed E-state index contributed by atoms with van der Waals surface area (Å²) in [5, 5.41) is 8.40. The fourth-order valence-electron chi connectivity index (χ4n) is 3.55. The average Bonchev–Trinajstić information content (AvgIpc) is 3.10. The van der Waals surface area contributed by atoms with Crippen LogP contribution in [0.25, 0.3) is 0 Å². The number of carbonyl (C=O) groups excluding carboxylic acids is 1. The molecule has 6 heteroatoms. The first-order valence-corrected chi connectivity index (χ1v) is 9.45. The number of aryl methyl sites for hydroxylation is 1. The average molecular weight is 355 g/mol. The van der Waals surface area contributed by atoms with Gasteiger partial charge < -0.3 is 10.6 Å². The standard InChI is InChI=1S/C20H29N5O/c1-4-16-9-5-6-10-17(16)19(26)24-11-7-8-15(12-24)13-25-14-18(22-23-25)20(2,3)21/h5-6,9-10,14-15H,4,7-8,11-13,21H2,1-3H3/t15-/m0/s1. The molecule has 0 saturated carbocycles. The maximum Gasteiger partial charge on any atom is 0.254 e. The Kier molecular flexibility index (Phi) is 5.41. The van der Waals surface area contributed by atoms with Crippen molar-refractivity contribution >= 4 is 5.91 Å². The molecule has 1 atom stereocenters. The van der Waals surface area contributed by atoms with Crippen molar-refractivity contribution in [2.75, 3.05) is 13.1 Å². The molecule has 2 heterocycles. The van der Waals surface area contributed by atoms with Gasteiger partial charge in [-0.15, -0.1) is 5.10 Å². The Morgan fingerprint density at radius 3 is 2.81 bits per heavy atom. The number of nitrogens with zero attached hydrogens (tertiary/aromatic N) is 4. The van der Waals surface area contributed by atoms with Crippen molar-refractivity contribution in [2.24, 2.45) is 11.7 Å². The molecule has 6 nitrogen and oxygen atoms in total. The largest absolute Gasteiger partial charge is 0.338 e. The second kappa shape index (κ2) is 7.58. The molecule has 1 aromatic heterocycles. The van der Waals surface area contributed by atoms with Crippen molar-refractivity contribution in [3.63, 3.8) is 0 Å². The maximum absolute atomic E-state index is 13.0. The van der Waals surface area contributed by atoms with Crippen LogP contribution in [0.1, 0.15) is 55.2 Å². The van der Waals surface area contributed by atoms with Crippen molar-refractivity contribution in [3.05, 3.63) is 47.3 Å². The quantitative estimate of drug-likeness (QED) is 0.894. The lowest BCUT2D eigenvalue weighted by Crippen LogP contribution is -2.41. The number of carbonyl (C=O) groups is 1. The van der Waals surface area contributed by atoms with Crippen molar-refractivity contribution in [2.45, 2.75) is 52.1 Å². The Morgan fingerprint density at radius 1 is 1.35 bits per heavy atom. The second-order valence-electron chi connectivity index (χ2n) is 7.82. The van der Waals surface area contributed by atoms with Crippen molar-refractivity contribution < 1.29 is 4.79 Å². The van der Waals surface area contributed by atoms with E-state index in [4.69, 9.17) is 5.73 Å². The summed E-state index contributed by atoms with van der Waals surface area (Å²) in [7, 11) is 0. The van der Waals surface area contributed by atoms with Gasteiger partial charge in [0.1, 0.15) is 5.69 Å². The Labute approximate surface area is 155 Å². The highest BCUT2D eigenvalue weighted by Crippen LogP contribution is 2.22. The van der Waals surface area contributed by atoms with Gasteiger partial charge in [-0.25, -0.2) is 0 Å². The molecule has 2 aromatic rings. The van der Waals surface area contributed by atoms with Crippen molar-refractivity contribution in [1.29, 1.82) is 0 Å². The van der Waals surface area contributed by atoms with Crippen LogP contribution in [0.15, 0.2) is 30.5 Å². The topological polar surface area (TPSA) is 77.0 Å². The van der Waals surface area contributed by atoms with Gasteiger partial charge >= 0.3 is 0 Å². The SMILES string of the molecule is CCc1ccccc1C(=O)N1CCC[C@H](Cn2cc(C(C)(C)N)nn2)C1. The van der Waals surface area contributed by atoms with Crippen LogP contribution >= 0.6 is 0 Å². The minimum atomic E-state index is -0.489. The van der Waals surface area contributed by atoms with E-state index in [9.17, 15) is 4.79 Å². The lowest BCUT2D eigenvalue weighted by molar-refractivity contribution is 0.0658. The molecule has 0 bridgehead atoms. The van der Waals surface area contributed by atoms with Gasteiger partial charge in [0.15, 0.2) is 0 Å². The van der Waals surface area contributed by atoms with Gasteiger partial charge in [0, 0.05) is 25.2 Å². The van der Waals surface area contributed by atoms with E-state index in [1.54, 1.807) is 0 Å². The Bertz CT molecular complexity index is 762. The minimum Gasteiger partial charge on any atom is -0.338 e. The van der Waals surface area contributed by atoms with E-state index in [1.807, 2.05) is 53.9 Å². The molecule has 2 N–H and O–H groups in total. The third kappa shape index (κ3) is 4.12. The van der Waals surface area contributed by atoms with Crippen molar-refractivity contribution in [3.8, 4) is 0 Å². The van der Waals surface area contributed by atoms with Crippen LogP contribution in [0.4, 0.5) is 0 Å². The van der Waals surface area contributed by atoms with Crippen molar-refractivity contribution in [1.82, 2.24) is 19.9 Å². The number of rotatable bonds is 5. The first kappa shape index (κ1) is 18.6. The number of piperidine rings is 1. The lowest BCUT2D eigenvalue weighted by atomic mass is 9.96. The molecule has 0 aliphatic carbocycles. The van der Waals surface area contributed by atoms with Gasteiger partial charge in [0.2, 0.25) is 0 Å². The van der Waals surface area contributed by atoms with E-state index in [-0.39, 0.29) is 5.91 Å². The number of likely N-dealkylation sites (tertiary alicyclic amines) is 1. The molecule has 0 unspecified atom stereocenters. The van der Waals surface area contributed by atoms with E-state index in [1.165, 1.54) is 0 Å². The van der Waals surface area contributed by atoms with Gasteiger partial charge in [0.25, 0.3) is 5.91 Å². The van der Waals surface area contributed by atoms with E-state index >= 15 is 0 Å². The zero-order valence-corrected chi connectivity index (χ0v) is 16.0. The summed E-state index contributed by atoms with van der Waals surface area (Å²) in [5.74, 6) is 0.534. The van der Waals surface area contributed by atoms with Crippen LogP contribution in [-0.4, -0.2) is 38.9 Å². The predicted octanol–water partition coefficient (Wildman–Crippen LogP) is 2.59. The molecule has 1 aromatic carbocycles. The number of amides is 1. The highest BCUT2D eigenvalue weighted by atomic mass is 16.2. The van der Waals surface area contributed by atoms with E-state index in [2.05, 4.69) is 17.2 Å². The summed E-state index contributed by atoms with van der Waals surface area (Å²) < 4.78 is 1.86. The van der Waals surface area contributed by atoms with Crippen LogP contribution < -0.4 is 5.73 Å². The molecule has 1 aliphatic rings. The lowest BCUT2D eigenvalue weighted by Gasteiger charge is -2.33. The third-order valence-electron chi connectivity index (χ3n) is 5.08. The molecule has 0 radical (unpaired) electrons. The fourth-order valence-corrected chi connectivity index (χ4v) is 3.55. The maximum atomic E-state index is 13.0. The summed E-state index contributed by atoms with van der Waals surface area (Å²) in [6, 6.07) is 7.92. The summed E-state index contributed by atoms with van der Waals surface area (Å²) >= 11 is 0. The molecule has 1 aliphatic heterocycles. The smallest absolute Gasteiger partial charge is 0.254 e. The van der Waals surface area contributed by atoms with Crippen LogP contribution in [0, 0.1) is 5.92 Å².